The summed E-state index contributed by atoms with van der Waals surface area (Å²) in [5.41, 5.74) is 1.31. The third-order valence-corrected chi connectivity index (χ3v) is 4.42. The van der Waals surface area contributed by atoms with E-state index in [4.69, 9.17) is 20.9 Å². The molecule has 0 atom stereocenters. The zero-order chi connectivity index (χ0) is 15.3. The van der Waals surface area contributed by atoms with Gasteiger partial charge in [-0.25, -0.2) is 4.98 Å². The van der Waals surface area contributed by atoms with Gasteiger partial charge in [0.05, 0.1) is 11.2 Å². The van der Waals surface area contributed by atoms with Crippen molar-refractivity contribution < 1.29 is 9.31 Å². The van der Waals surface area contributed by atoms with Crippen molar-refractivity contribution in [2.75, 3.05) is 0 Å². The molecular weight excluding hydrogens is 272 g/mol. The molecule has 1 aromatic heterocycles. The predicted molar refractivity (Wildman–Crippen MR) is 83.7 cm³/mol. The Labute approximate surface area is 127 Å². The Kier molecular flexibility index (Phi) is 3.73. The van der Waals surface area contributed by atoms with E-state index in [1.165, 1.54) is 0 Å². The van der Waals surface area contributed by atoms with Gasteiger partial charge in [-0.15, -0.1) is 0 Å². The highest BCUT2D eigenvalue weighted by Crippen LogP contribution is 2.37. The average Bonchev–Trinajstić information content (AvgIpc) is 2.46. The van der Waals surface area contributed by atoms with Gasteiger partial charge in [0.1, 0.15) is 5.15 Å². The van der Waals surface area contributed by atoms with E-state index < -0.39 is 7.12 Å². The predicted octanol–water partition coefficient (Wildman–Crippen LogP) is 3.33. The molecular formula is C15H23BClNO2. The van der Waals surface area contributed by atoms with Crippen molar-refractivity contribution >= 4 is 24.2 Å². The molecule has 1 aromatic rings. The van der Waals surface area contributed by atoms with E-state index in [-0.39, 0.29) is 16.6 Å². The molecule has 20 heavy (non-hydrogen) atoms. The fourth-order valence-corrected chi connectivity index (χ4v) is 2.41. The lowest BCUT2D eigenvalue weighted by Crippen LogP contribution is -2.41. The molecule has 0 aliphatic carbocycles. The van der Waals surface area contributed by atoms with Gasteiger partial charge in [0.25, 0.3) is 0 Å². The topological polar surface area (TPSA) is 31.4 Å². The molecule has 0 unspecified atom stereocenters. The second-order valence-corrected chi connectivity index (χ2v) is 7.82. The highest BCUT2D eigenvalue weighted by molar-refractivity contribution is 6.62. The number of halogens is 1. The Bertz CT molecular complexity index is 507. The number of hydrogen-bond acceptors (Lipinski definition) is 3. The van der Waals surface area contributed by atoms with Crippen LogP contribution in [0.5, 0.6) is 0 Å². The lowest BCUT2D eigenvalue weighted by Gasteiger charge is -2.32. The van der Waals surface area contributed by atoms with Crippen molar-refractivity contribution in [3.05, 3.63) is 23.0 Å². The highest BCUT2D eigenvalue weighted by atomic mass is 35.5. The highest BCUT2D eigenvalue weighted by Gasteiger charge is 2.52. The maximum absolute atomic E-state index is 6.12. The Morgan fingerprint density at radius 2 is 1.60 bits per heavy atom. The van der Waals surface area contributed by atoms with Crippen molar-refractivity contribution in [1.82, 2.24) is 4.98 Å². The fraction of sp³-hybridized carbons (Fsp3) is 0.667. The maximum Gasteiger partial charge on any atom is 0.496 e. The molecule has 1 saturated heterocycles. The maximum atomic E-state index is 6.12. The molecule has 0 spiro atoms. The first-order chi connectivity index (χ1) is 8.94. The summed E-state index contributed by atoms with van der Waals surface area (Å²) in [5.74, 6) is 0. The number of aromatic nitrogens is 1. The van der Waals surface area contributed by atoms with E-state index in [2.05, 4.69) is 25.8 Å². The van der Waals surface area contributed by atoms with Crippen molar-refractivity contribution in [2.24, 2.45) is 0 Å². The third kappa shape index (κ3) is 2.74. The largest absolute Gasteiger partial charge is 0.496 e. The van der Waals surface area contributed by atoms with Crippen LogP contribution in [0.15, 0.2) is 12.3 Å². The number of rotatable bonds is 1. The van der Waals surface area contributed by atoms with Crippen LogP contribution >= 0.6 is 11.6 Å². The summed E-state index contributed by atoms with van der Waals surface area (Å²) in [7, 11) is -0.404. The number of nitrogens with zero attached hydrogens (tertiary/aromatic N) is 1. The first-order valence-corrected chi connectivity index (χ1v) is 7.33. The zero-order valence-corrected chi connectivity index (χ0v) is 14.1. The average molecular weight is 296 g/mol. The molecule has 110 valence electrons. The van der Waals surface area contributed by atoms with Gasteiger partial charge in [-0.05, 0) is 44.7 Å². The minimum Gasteiger partial charge on any atom is -0.399 e. The second-order valence-electron chi connectivity index (χ2n) is 7.43. The Morgan fingerprint density at radius 3 is 2.05 bits per heavy atom. The van der Waals surface area contributed by atoms with Crippen LogP contribution in [0.4, 0.5) is 0 Å². The molecule has 0 radical (unpaired) electrons. The van der Waals surface area contributed by atoms with Gasteiger partial charge in [0, 0.05) is 11.7 Å². The van der Waals surface area contributed by atoms with Gasteiger partial charge in [0.15, 0.2) is 0 Å². The fourth-order valence-electron chi connectivity index (χ4n) is 2.25. The minimum absolute atomic E-state index is 0.0501. The van der Waals surface area contributed by atoms with Gasteiger partial charge in [0.2, 0.25) is 0 Å². The van der Waals surface area contributed by atoms with Crippen LogP contribution in [0.3, 0.4) is 0 Å². The van der Waals surface area contributed by atoms with E-state index in [1.807, 2.05) is 33.8 Å². The van der Waals surface area contributed by atoms with Crippen molar-refractivity contribution in [1.29, 1.82) is 0 Å². The zero-order valence-electron chi connectivity index (χ0n) is 13.4. The first-order valence-electron chi connectivity index (χ1n) is 6.96. The minimum atomic E-state index is -0.404. The van der Waals surface area contributed by atoms with E-state index in [1.54, 1.807) is 6.20 Å². The van der Waals surface area contributed by atoms with Gasteiger partial charge < -0.3 is 9.31 Å². The number of hydrogen-bond donors (Lipinski definition) is 0. The SMILES string of the molecule is CC(C)(C)c1cc(Cl)ncc1B1OC(C)(C)C(C)(C)O1. The molecule has 0 aromatic carbocycles. The van der Waals surface area contributed by atoms with Crippen LogP contribution in [0.1, 0.15) is 54.0 Å². The monoisotopic (exact) mass is 295 g/mol. The van der Waals surface area contributed by atoms with E-state index in [0.717, 1.165) is 11.0 Å². The summed E-state index contributed by atoms with van der Waals surface area (Å²) in [5, 5.41) is 0.496. The lowest BCUT2D eigenvalue weighted by molar-refractivity contribution is 0.00578. The molecule has 0 N–H and O–H groups in total. The first kappa shape index (κ1) is 15.8. The van der Waals surface area contributed by atoms with E-state index in [0.29, 0.717) is 5.15 Å². The molecule has 0 saturated carbocycles. The molecule has 0 amide bonds. The summed E-state index contributed by atoms with van der Waals surface area (Å²) in [4.78, 5) is 4.20. The van der Waals surface area contributed by atoms with Crippen LogP contribution in [0, 0.1) is 0 Å². The molecule has 1 aliphatic heterocycles. The Morgan fingerprint density at radius 1 is 1.10 bits per heavy atom. The molecule has 1 aliphatic rings. The Hall–Kier alpha value is -0.575. The van der Waals surface area contributed by atoms with Crippen LogP contribution in [0.2, 0.25) is 5.15 Å². The summed E-state index contributed by atoms with van der Waals surface area (Å²) in [6.45, 7) is 14.6. The smallest absolute Gasteiger partial charge is 0.399 e. The van der Waals surface area contributed by atoms with E-state index in [9.17, 15) is 0 Å². The third-order valence-electron chi connectivity index (χ3n) is 4.22. The molecule has 5 heteroatoms. The quantitative estimate of drug-likeness (QED) is 0.588. The van der Waals surface area contributed by atoms with Gasteiger partial charge in [-0.3, -0.25) is 0 Å². The van der Waals surface area contributed by atoms with E-state index >= 15 is 0 Å². The van der Waals surface area contributed by atoms with Crippen LogP contribution in [0.25, 0.3) is 0 Å². The molecule has 1 fully saturated rings. The van der Waals surface area contributed by atoms with Crippen LogP contribution in [-0.4, -0.2) is 23.3 Å². The van der Waals surface area contributed by atoms with Crippen molar-refractivity contribution in [2.45, 2.75) is 65.1 Å². The van der Waals surface area contributed by atoms with Gasteiger partial charge in [-0.2, -0.15) is 0 Å². The summed E-state index contributed by atoms with van der Waals surface area (Å²) in [6, 6.07) is 1.90. The molecule has 3 nitrogen and oxygen atoms in total. The molecule has 0 bridgehead atoms. The summed E-state index contributed by atoms with van der Waals surface area (Å²) >= 11 is 6.05. The standard InChI is InChI=1S/C15H23BClNO2/c1-13(2,3)10-8-12(17)18-9-11(10)16-19-14(4,5)15(6,7)20-16/h8-9H,1-7H3. The van der Waals surface area contributed by atoms with Crippen molar-refractivity contribution in [3.8, 4) is 0 Å². The molecule has 2 heterocycles. The normalized spacial score (nSPS) is 21.3. The van der Waals surface area contributed by atoms with Crippen LogP contribution in [-0.2, 0) is 14.7 Å². The summed E-state index contributed by atoms with van der Waals surface area (Å²) in [6.07, 6.45) is 1.77. The molecule has 2 rings (SSSR count). The Balaban J connectivity index is 2.46. The second kappa shape index (κ2) is 4.72. The van der Waals surface area contributed by atoms with Gasteiger partial charge >= 0.3 is 7.12 Å². The van der Waals surface area contributed by atoms with Crippen molar-refractivity contribution in [3.63, 3.8) is 0 Å². The van der Waals surface area contributed by atoms with Crippen LogP contribution < -0.4 is 5.46 Å². The lowest BCUT2D eigenvalue weighted by atomic mass is 9.70. The van der Waals surface area contributed by atoms with Gasteiger partial charge in [-0.1, -0.05) is 32.4 Å². The number of pyridine rings is 1. The summed E-state index contributed by atoms with van der Waals surface area (Å²) < 4.78 is 12.2.